The Kier molecular flexibility index (Phi) is 5.86. The van der Waals surface area contributed by atoms with Gasteiger partial charge in [0.1, 0.15) is 12.4 Å². The van der Waals surface area contributed by atoms with Crippen molar-refractivity contribution in [2.45, 2.75) is 11.8 Å². The molecule has 3 rings (SSSR count). The molecule has 0 spiro atoms. The Morgan fingerprint density at radius 2 is 1.81 bits per heavy atom. The van der Waals surface area contributed by atoms with Gasteiger partial charge in [-0.15, -0.1) is 0 Å². The molecule has 0 aliphatic heterocycles. The number of hydrogen-bond acceptors (Lipinski definition) is 4. The van der Waals surface area contributed by atoms with Crippen LogP contribution in [0.1, 0.15) is 5.69 Å². The van der Waals surface area contributed by atoms with Crippen molar-refractivity contribution >= 4 is 48.5 Å². The Hall–Kier alpha value is -1.54. The Bertz CT molecular complexity index is 1080. The van der Waals surface area contributed by atoms with Gasteiger partial charge < -0.3 is 9.64 Å². The summed E-state index contributed by atoms with van der Waals surface area (Å²) in [5.74, 6) is 0.575. The molecule has 0 aliphatic carbocycles. The second kappa shape index (κ2) is 7.83. The SMILES string of the molecule is Cc1c(OCCN(C)C)c2cc(Br)ccc2n1S(=O)(=O)c1ccc(Cl)cc1. The van der Waals surface area contributed by atoms with Gasteiger partial charge in [0.15, 0.2) is 0 Å². The second-order valence-corrected chi connectivity index (χ2v) is 9.59. The van der Waals surface area contributed by atoms with Crippen molar-refractivity contribution in [2.75, 3.05) is 27.2 Å². The van der Waals surface area contributed by atoms with Gasteiger partial charge in [-0.3, -0.25) is 0 Å². The molecule has 0 radical (unpaired) electrons. The van der Waals surface area contributed by atoms with Crippen molar-refractivity contribution in [3.8, 4) is 5.75 Å². The highest BCUT2D eigenvalue weighted by atomic mass is 79.9. The summed E-state index contributed by atoms with van der Waals surface area (Å²) in [4.78, 5) is 2.18. The van der Waals surface area contributed by atoms with Crippen molar-refractivity contribution < 1.29 is 13.2 Å². The fourth-order valence-corrected chi connectivity index (χ4v) is 4.91. The van der Waals surface area contributed by atoms with Gasteiger partial charge in [0.2, 0.25) is 0 Å². The van der Waals surface area contributed by atoms with Crippen molar-refractivity contribution in [2.24, 2.45) is 0 Å². The van der Waals surface area contributed by atoms with Crippen LogP contribution in [0.15, 0.2) is 51.8 Å². The smallest absolute Gasteiger partial charge is 0.268 e. The second-order valence-electron chi connectivity index (χ2n) is 6.45. The van der Waals surface area contributed by atoms with Crippen LogP contribution in [0.5, 0.6) is 5.75 Å². The van der Waals surface area contributed by atoms with E-state index in [1.54, 1.807) is 25.1 Å². The molecular formula is C19H20BrClN2O3S. The van der Waals surface area contributed by atoms with E-state index < -0.39 is 10.0 Å². The van der Waals surface area contributed by atoms with Gasteiger partial charge >= 0.3 is 0 Å². The molecule has 0 unspecified atom stereocenters. The monoisotopic (exact) mass is 470 g/mol. The molecule has 0 fully saturated rings. The summed E-state index contributed by atoms with van der Waals surface area (Å²) < 4.78 is 34.8. The van der Waals surface area contributed by atoms with Gasteiger partial charge in [-0.25, -0.2) is 12.4 Å². The van der Waals surface area contributed by atoms with Crippen LogP contribution < -0.4 is 4.74 Å². The normalized spacial score (nSPS) is 12.1. The molecule has 2 aromatic carbocycles. The maximum atomic E-state index is 13.3. The minimum absolute atomic E-state index is 0.176. The number of ether oxygens (including phenoxy) is 1. The summed E-state index contributed by atoms with van der Waals surface area (Å²) in [5, 5.41) is 1.23. The first kappa shape index (κ1) is 20.2. The lowest BCUT2D eigenvalue weighted by Crippen LogP contribution is -2.20. The van der Waals surface area contributed by atoms with E-state index in [9.17, 15) is 8.42 Å². The van der Waals surface area contributed by atoms with Gasteiger partial charge in [-0.1, -0.05) is 27.5 Å². The topological polar surface area (TPSA) is 51.5 Å². The fraction of sp³-hybridized carbons (Fsp3) is 0.263. The molecule has 1 heterocycles. The quantitative estimate of drug-likeness (QED) is 0.529. The van der Waals surface area contributed by atoms with E-state index in [0.29, 0.717) is 28.6 Å². The molecule has 0 bridgehead atoms. The predicted octanol–water partition coefficient (Wildman–Crippen LogP) is 4.54. The summed E-state index contributed by atoms with van der Waals surface area (Å²) >= 11 is 9.37. The lowest BCUT2D eigenvalue weighted by atomic mass is 10.2. The molecule has 0 saturated carbocycles. The number of benzene rings is 2. The predicted molar refractivity (Wildman–Crippen MR) is 112 cm³/mol. The molecule has 3 aromatic rings. The number of fused-ring (bicyclic) bond motifs is 1. The molecule has 144 valence electrons. The molecule has 27 heavy (non-hydrogen) atoms. The lowest BCUT2D eigenvalue weighted by molar-refractivity contribution is 0.262. The van der Waals surface area contributed by atoms with E-state index in [-0.39, 0.29) is 4.90 Å². The van der Waals surface area contributed by atoms with Gasteiger partial charge in [0.25, 0.3) is 10.0 Å². The van der Waals surface area contributed by atoms with Crippen molar-refractivity contribution in [1.82, 2.24) is 8.87 Å². The minimum Gasteiger partial charge on any atom is -0.490 e. The highest BCUT2D eigenvalue weighted by Gasteiger charge is 2.26. The molecule has 1 aromatic heterocycles. The largest absolute Gasteiger partial charge is 0.490 e. The third kappa shape index (κ3) is 4.01. The summed E-state index contributed by atoms with van der Waals surface area (Å²) in [6.07, 6.45) is 0. The fourth-order valence-electron chi connectivity index (χ4n) is 2.87. The summed E-state index contributed by atoms with van der Waals surface area (Å²) in [6.45, 7) is 2.94. The Morgan fingerprint density at radius 1 is 1.15 bits per heavy atom. The molecule has 0 atom stereocenters. The van der Waals surface area contributed by atoms with Gasteiger partial charge in [-0.2, -0.15) is 0 Å². The van der Waals surface area contributed by atoms with E-state index >= 15 is 0 Å². The molecule has 0 aliphatic rings. The number of likely N-dealkylation sites (N-methyl/N-ethyl adjacent to an activating group) is 1. The summed E-state index contributed by atoms with van der Waals surface area (Å²) in [6, 6.07) is 11.6. The number of halogens is 2. The zero-order chi connectivity index (χ0) is 19.8. The Balaban J connectivity index is 2.18. The van der Waals surface area contributed by atoms with Gasteiger partial charge in [0, 0.05) is 21.4 Å². The Morgan fingerprint density at radius 3 is 2.44 bits per heavy atom. The van der Waals surface area contributed by atoms with Crippen molar-refractivity contribution in [1.29, 1.82) is 0 Å². The third-order valence-electron chi connectivity index (χ3n) is 4.19. The van der Waals surface area contributed by atoms with Crippen LogP contribution >= 0.6 is 27.5 Å². The van der Waals surface area contributed by atoms with E-state index in [2.05, 4.69) is 15.9 Å². The van der Waals surface area contributed by atoms with E-state index in [1.807, 2.05) is 31.1 Å². The first-order valence-electron chi connectivity index (χ1n) is 8.31. The lowest BCUT2D eigenvalue weighted by Gasteiger charge is -2.12. The minimum atomic E-state index is -3.79. The molecule has 5 nitrogen and oxygen atoms in total. The Labute approximate surface area is 172 Å². The molecule has 8 heteroatoms. The average Bonchev–Trinajstić information content (AvgIpc) is 2.87. The zero-order valence-electron chi connectivity index (χ0n) is 15.2. The van der Waals surface area contributed by atoms with E-state index in [4.69, 9.17) is 16.3 Å². The third-order valence-corrected chi connectivity index (χ3v) is 6.76. The van der Waals surface area contributed by atoms with Crippen LogP contribution in [0.2, 0.25) is 5.02 Å². The van der Waals surface area contributed by atoms with Gasteiger partial charge in [-0.05, 0) is 63.5 Å². The summed E-state index contributed by atoms with van der Waals surface area (Å²) in [7, 11) is 0.125. The maximum absolute atomic E-state index is 13.3. The molecular weight excluding hydrogens is 452 g/mol. The number of nitrogens with zero attached hydrogens (tertiary/aromatic N) is 2. The maximum Gasteiger partial charge on any atom is 0.268 e. The van der Waals surface area contributed by atoms with Crippen LogP contribution in [-0.2, 0) is 10.0 Å². The van der Waals surface area contributed by atoms with Crippen LogP contribution in [0.25, 0.3) is 10.9 Å². The van der Waals surface area contributed by atoms with Crippen LogP contribution in [0, 0.1) is 6.92 Å². The van der Waals surface area contributed by atoms with Crippen LogP contribution in [-0.4, -0.2) is 44.5 Å². The standard InChI is InChI=1S/C19H20BrClN2O3S/c1-13-19(26-11-10-22(2)3)17-12-14(20)4-9-18(17)23(13)27(24,25)16-7-5-15(21)6-8-16/h4-9,12H,10-11H2,1-3H3. The average molecular weight is 472 g/mol. The van der Waals surface area contributed by atoms with Crippen LogP contribution in [0.3, 0.4) is 0 Å². The molecule has 0 amide bonds. The molecule has 0 N–H and O–H groups in total. The molecule has 0 saturated heterocycles. The zero-order valence-corrected chi connectivity index (χ0v) is 18.4. The first-order chi connectivity index (χ1) is 12.7. The van der Waals surface area contributed by atoms with E-state index in [0.717, 1.165) is 16.4 Å². The van der Waals surface area contributed by atoms with Crippen LogP contribution in [0.4, 0.5) is 0 Å². The first-order valence-corrected chi connectivity index (χ1v) is 10.9. The van der Waals surface area contributed by atoms with Crippen molar-refractivity contribution in [3.63, 3.8) is 0 Å². The summed E-state index contributed by atoms with van der Waals surface area (Å²) in [5.41, 5.74) is 1.11. The number of aromatic nitrogens is 1. The van der Waals surface area contributed by atoms with Crippen molar-refractivity contribution in [3.05, 3.63) is 57.7 Å². The van der Waals surface area contributed by atoms with E-state index in [1.165, 1.54) is 16.1 Å². The highest BCUT2D eigenvalue weighted by Crippen LogP contribution is 2.37. The number of rotatable bonds is 6. The highest BCUT2D eigenvalue weighted by molar-refractivity contribution is 9.10. The number of hydrogen-bond donors (Lipinski definition) is 0. The van der Waals surface area contributed by atoms with Gasteiger partial charge in [0.05, 0.1) is 16.1 Å².